The van der Waals surface area contributed by atoms with Gasteiger partial charge < -0.3 is 18.9 Å². The summed E-state index contributed by atoms with van der Waals surface area (Å²) < 4.78 is 20.5. The van der Waals surface area contributed by atoms with Gasteiger partial charge in [-0.1, -0.05) is 6.07 Å². The molecule has 0 atom stereocenters. The number of hydrogen-bond acceptors (Lipinski definition) is 7. The summed E-state index contributed by atoms with van der Waals surface area (Å²) in [6.07, 6.45) is 1.67. The van der Waals surface area contributed by atoms with Crippen molar-refractivity contribution in [3.05, 3.63) is 53.6 Å². The van der Waals surface area contributed by atoms with Crippen molar-refractivity contribution in [2.24, 2.45) is 5.10 Å². The normalized spacial score (nSPS) is 10.4. The number of hydrazone groups is 1. The zero-order chi connectivity index (χ0) is 21.1. The Hall–Kier alpha value is -3.55. The van der Waals surface area contributed by atoms with Crippen LogP contribution in [0.15, 0.2) is 47.6 Å². The average Bonchev–Trinajstić information content (AvgIpc) is 2.73. The Balaban J connectivity index is 1.83. The van der Waals surface area contributed by atoms with Crippen LogP contribution in [0.3, 0.4) is 0 Å². The maximum Gasteiger partial charge on any atom is 0.344 e. The number of amides is 1. The number of hydrogen-bond donors (Lipinski definition) is 1. The third-order valence-corrected chi connectivity index (χ3v) is 3.76. The van der Waals surface area contributed by atoms with E-state index >= 15 is 0 Å². The predicted molar refractivity (Wildman–Crippen MR) is 108 cm³/mol. The molecule has 0 aliphatic rings. The topological polar surface area (TPSA) is 95.5 Å². The smallest absolute Gasteiger partial charge is 0.344 e. The van der Waals surface area contributed by atoms with Gasteiger partial charge in [0.2, 0.25) is 5.91 Å². The van der Waals surface area contributed by atoms with Gasteiger partial charge in [0.1, 0.15) is 5.75 Å². The molecule has 8 nitrogen and oxygen atoms in total. The van der Waals surface area contributed by atoms with Gasteiger partial charge in [-0.2, -0.15) is 5.10 Å². The van der Waals surface area contributed by atoms with Crippen LogP contribution >= 0.6 is 0 Å². The first-order chi connectivity index (χ1) is 14.0. The molecule has 8 heteroatoms. The summed E-state index contributed by atoms with van der Waals surface area (Å²) in [5.41, 5.74) is 4.02. The van der Waals surface area contributed by atoms with Gasteiger partial charge in [0.25, 0.3) is 0 Å². The molecule has 0 unspecified atom stereocenters. The molecule has 0 radical (unpaired) electrons. The number of carbonyl (C=O) groups is 2. The molecule has 0 aliphatic carbocycles. The molecular formula is C21H24N2O6. The Labute approximate surface area is 169 Å². The molecule has 0 saturated carbocycles. The van der Waals surface area contributed by atoms with Crippen molar-refractivity contribution in [1.82, 2.24) is 5.43 Å². The van der Waals surface area contributed by atoms with Crippen molar-refractivity contribution in [3.63, 3.8) is 0 Å². The predicted octanol–water partition coefficient (Wildman–Crippen LogP) is 2.34. The fourth-order valence-electron chi connectivity index (χ4n) is 2.39. The molecule has 2 aromatic rings. The Morgan fingerprint density at radius 2 is 1.76 bits per heavy atom. The van der Waals surface area contributed by atoms with Gasteiger partial charge in [0.15, 0.2) is 18.1 Å². The fraction of sp³-hybridized carbons (Fsp3) is 0.286. The largest absolute Gasteiger partial charge is 0.493 e. The van der Waals surface area contributed by atoms with Gasteiger partial charge in [-0.15, -0.1) is 0 Å². The quantitative estimate of drug-likeness (QED) is 0.374. The van der Waals surface area contributed by atoms with Crippen LogP contribution in [0.4, 0.5) is 0 Å². The highest BCUT2D eigenvalue weighted by atomic mass is 16.6. The van der Waals surface area contributed by atoms with Gasteiger partial charge in [-0.3, -0.25) is 4.79 Å². The van der Waals surface area contributed by atoms with Crippen LogP contribution in [0.5, 0.6) is 17.2 Å². The molecule has 0 bridgehead atoms. The molecule has 0 spiro atoms. The van der Waals surface area contributed by atoms with Crippen molar-refractivity contribution in [3.8, 4) is 17.2 Å². The number of esters is 1. The first kappa shape index (κ1) is 21.7. The maximum absolute atomic E-state index is 12.1. The second-order valence-electron chi connectivity index (χ2n) is 5.82. The molecule has 0 aromatic heterocycles. The highest BCUT2D eigenvalue weighted by Crippen LogP contribution is 2.27. The maximum atomic E-state index is 12.1. The van der Waals surface area contributed by atoms with E-state index in [2.05, 4.69) is 10.5 Å². The summed E-state index contributed by atoms with van der Waals surface area (Å²) in [6.45, 7) is 1.90. The van der Waals surface area contributed by atoms with Crippen LogP contribution in [0.25, 0.3) is 0 Å². The lowest BCUT2D eigenvalue weighted by Crippen LogP contribution is -2.19. The summed E-state index contributed by atoms with van der Waals surface area (Å²) in [5.74, 6) is 1.02. The van der Waals surface area contributed by atoms with Crippen molar-refractivity contribution in [2.45, 2.75) is 13.3 Å². The van der Waals surface area contributed by atoms with Gasteiger partial charge >= 0.3 is 5.97 Å². The third-order valence-electron chi connectivity index (χ3n) is 3.76. The van der Waals surface area contributed by atoms with Gasteiger partial charge in [-0.25, -0.2) is 10.2 Å². The van der Waals surface area contributed by atoms with Crippen LogP contribution in [-0.2, 0) is 20.7 Å². The summed E-state index contributed by atoms with van der Waals surface area (Å²) in [5, 5.41) is 3.95. The summed E-state index contributed by atoms with van der Waals surface area (Å²) in [7, 11) is 3.09. The molecule has 0 heterocycles. The SMILES string of the molecule is CCOC(=O)COc1ccc(/C=N/NC(=O)Cc2ccc(OC)c(OC)c2)cc1. The molecule has 2 rings (SSSR count). The van der Waals surface area contributed by atoms with E-state index in [0.717, 1.165) is 11.1 Å². The van der Waals surface area contributed by atoms with Gasteiger partial charge in [0, 0.05) is 0 Å². The lowest BCUT2D eigenvalue weighted by Gasteiger charge is -2.09. The second-order valence-corrected chi connectivity index (χ2v) is 5.82. The van der Waals surface area contributed by atoms with E-state index in [1.165, 1.54) is 6.21 Å². The summed E-state index contributed by atoms with van der Waals surface area (Å²) in [6, 6.07) is 12.2. The minimum absolute atomic E-state index is 0.145. The van der Waals surface area contributed by atoms with Gasteiger partial charge in [-0.05, 0) is 54.4 Å². The number of nitrogens with zero attached hydrogens (tertiary/aromatic N) is 1. The molecule has 0 saturated heterocycles. The lowest BCUT2D eigenvalue weighted by atomic mass is 10.1. The molecule has 154 valence electrons. The first-order valence-corrected chi connectivity index (χ1v) is 8.97. The van der Waals surface area contributed by atoms with Crippen LogP contribution < -0.4 is 19.6 Å². The monoisotopic (exact) mass is 400 g/mol. The minimum Gasteiger partial charge on any atom is -0.493 e. The van der Waals surface area contributed by atoms with E-state index in [9.17, 15) is 9.59 Å². The Morgan fingerprint density at radius 1 is 1.03 bits per heavy atom. The highest BCUT2D eigenvalue weighted by Gasteiger charge is 2.08. The third kappa shape index (κ3) is 7.17. The molecular weight excluding hydrogens is 376 g/mol. The molecule has 2 aromatic carbocycles. The van der Waals surface area contributed by atoms with E-state index in [-0.39, 0.29) is 18.9 Å². The number of benzene rings is 2. The molecule has 1 amide bonds. The zero-order valence-electron chi connectivity index (χ0n) is 16.6. The summed E-state index contributed by atoms with van der Waals surface area (Å²) >= 11 is 0. The van der Waals surface area contributed by atoms with E-state index in [0.29, 0.717) is 23.9 Å². The van der Waals surface area contributed by atoms with Crippen molar-refractivity contribution in [2.75, 3.05) is 27.4 Å². The van der Waals surface area contributed by atoms with E-state index in [4.69, 9.17) is 18.9 Å². The van der Waals surface area contributed by atoms with Crippen molar-refractivity contribution >= 4 is 18.1 Å². The Kier molecular flexibility index (Phi) is 8.50. The Morgan fingerprint density at radius 3 is 2.41 bits per heavy atom. The molecule has 1 N–H and O–H groups in total. The van der Waals surface area contributed by atoms with Gasteiger partial charge in [0.05, 0.1) is 33.5 Å². The minimum atomic E-state index is -0.421. The second kappa shape index (κ2) is 11.3. The standard InChI is InChI=1S/C21H24N2O6/c1-4-28-21(25)14-29-17-8-5-15(6-9-17)13-22-23-20(24)12-16-7-10-18(26-2)19(11-16)27-3/h5-11,13H,4,12,14H2,1-3H3,(H,23,24)/b22-13+. The molecule has 0 fully saturated rings. The Bertz CT molecular complexity index is 849. The number of nitrogens with one attached hydrogen (secondary N) is 1. The average molecular weight is 400 g/mol. The van der Waals surface area contributed by atoms with E-state index in [1.54, 1.807) is 63.6 Å². The lowest BCUT2D eigenvalue weighted by molar-refractivity contribution is -0.145. The van der Waals surface area contributed by atoms with E-state index in [1.807, 2.05) is 0 Å². The van der Waals surface area contributed by atoms with Crippen molar-refractivity contribution < 1.29 is 28.5 Å². The zero-order valence-corrected chi connectivity index (χ0v) is 16.6. The number of rotatable bonds is 10. The van der Waals surface area contributed by atoms with Crippen LogP contribution in [0, 0.1) is 0 Å². The van der Waals surface area contributed by atoms with Crippen LogP contribution in [0.1, 0.15) is 18.1 Å². The number of ether oxygens (including phenoxy) is 4. The number of carbonyl (C=O) groups excluding carboxylic acids is 2. The fourth-order valence-corrected chi connectivity index (χ4v) is 2.39. The molecule has 29 heavy (non-hydrogen) atoms. The van der Waals surface area contributed by atoms with Crippen molar-refractivity contribution in [1.29, 1.82) is 0 Å². The molecule has 0 aliphatic heterocycles. The summed E-state index contributed by atoms with van der Waals surface area (Å²) in [4.78, 5) is 23.3. The highest BCUT2D eigenvalue weighted by molar-refractivity contribution is 5.83. The van der Waals surface area contributed by atoms with E-state index < -0.39 is 5.97 Å². The van der Waals surface area contributed by atoms with Crippen LogP contribution in [-0.4, -0.2) is 45.5 Å². The number of methoxy groups -OCH3 is 2. The van der Waals surface area contributed by atoms with Crippen LogP contribution in [0.2, 0.25) is 0 Å². The first-order valence-electron chi connectivity index (χ1n) is 8.97.